The molecule has 0 radical (unpaired) electrons. The fourth-order valence-electron chi connectivity index (χ4n) is 2.47. The van der Waals surface area contributed by atoms with Gasteiger partial charge in [0.15, 0.2) is 0 Å². The molecule has 0 aliphatic carbocycles. The lowest BCUT2D eigenvalue weighted by molar-refractivity contribution is -0.138. The summed E-state index contributed by atoms with van der Waals surface area (Å²) < 4.78 is 5.14. The van der Waals surface area contributed by atoms with Crippen molar-refractivity contribution in [1.82, 2.24) is 0 Å². The third-order valence-electron chi connectivity index (χ3n) is 3.27. The zero-order valence-electron chi connectivity index (χ0n) is 10.2. The summed E-state index contributed by atoms with van der Waals surface area (Å²) in [6.07, 6.45) is 0. The molecule has 4 heteroatoms. The molecule has 2 rings (SSSR count). The molecule has 0 saturated heterocycles. The summed E-state index contributed by atoms with van der Waals surface area (Å²) in [5, 5.41) is 12.3. The predicted molar refractivity (Wildman–Crippen MR) is 65.6 cm³/mol. The van der Waals surface area contributed by atoms with E-state index in [0.717, 1.165) is 17.0 Å². The molecular formula is C13H17NO3. The van der Waals surface area contributed by atoms with Crippen molar-refractivity contribution >= 4 is 11.7 Å². The number of anilines is 1. The van der Waals surface area contributed by atoms with E-state index in [0.29, 0.717) is 0 Å². The van der Waals surface area contributed by atoms with Crippen molar-refractivity contribution in [3.63, 3.8) is 0 Å². The van der Waals surface area contributed by atoms with Crippen molar-refractivity contribution < 1.29 is 14.6 Å². The second kappa shape index (κ2) is 4.28. The quantitative estimate of drug-likeness (QED) is 0.844. The molecule has 2 N–H and O–H groups in total. The Morgan fingerprint density at radius 3 is 2.71 bits per heavy atom. The summed E-state index contributed by atoms with van der Waals surface area (Å²) >= 11 is 0. The van der Waals surface area contributed by atoms with Crippen molar-refractivity contribution in [2.45, 2.75) is 25.8 Å². The van der Waals surface area contributed by atoms with E-state index in [-0.39, 0.29) is 11.8 Å². The SMILES string of the molecule is COc1ccc2c(c1)NC(C(=O)O)C2C(C)C. The summed E-state index contributed by atoms with van der Waals surface area (Å²) in [4.78, 5) is 11.2. The fraction of sp³-hybridized carbons (Fsp3) is 0.462. The van der Waals surface area contributed by atoms with Crippen LogP contribution in [0.4, 0.5) is 5.69 Å². The van der Waals surface area contributed by atoms with Gasteiger partial charge in [-0.1, -0.05) is 19.9 Å². The van der Waals surface area contributed by atoms with Crippen molar-refractivity contribution in [3.8, 4) is 5.75 Å². The largest absolute Gasteiger partial charge is 0.497 e. The number of ether oxygens (including phenoxy) is 1. The van der Waals surface area contributed by atoms with E-state index in [2.05, 4.69) is 5.32 Å². The van der Waals surface area contributed by atoms with Gasteiger partial charge in [-0.25, -0.2) is 4.79 Å². The van der Waals surface area contributed by atoms with Crippen LogP contribution in [-0.2, 0) is 4.79 Å². The van der Waals surface area contributed by atoms with Crippen molar-refractivity contribution in [2.75, 3.05) is 12.4 Å². The number of hydrogen-bond acceptors (Lipinski definition) is 3. The van der Waals surface area contributed by atoms with Crippen LogP contribution < -0.4 is 10.1 Å². The number of carboxylic acids is 1. The Bertz CT molecular complexity index is 442. The van der Waals surface area contributed by atoms with E-state index in [9.17, 15) is 9.90 Å². The zero-order valence-corrected chi connectivity index (χ0v) is 10.2. The average Bonchev–Trinajstić information content (AvgIpc) is 2.66. The zero-order chi connectivity index (χ0) is 12.6. The molecule has 0 amide bonds. The first kappa shape index (κ1) is 11.8. The lowest BCUT2D eigenvalue weighted by Crippen LogP contribution is -2.32. The van der Waals surface area contributed by atoms with Gasteiger partial charge in [-0.3, -0.25) is 0 Å². The fourth-order valence-corrected chi connectivity index (χ4v) is 2.47. The third-order valence-corrected chi connectivity index (χ3v) is 3.27. The van der Waals surface area contributed by atoms with Crippen molar-refractivity contribution in [3.05, 3.63) is 23.8 Å². The first-order valence-corrected chi connectivity index (χ1v) is 5.72. The maximum absolute atomic E-state index is 11.2. The van der Waals surface area contributed by atoms with Crippen LogP contribution in [0.25, 0.3) is 0 Å². The standard InChI is InChI=1S/C13H17NO3/c1-7(2)11-9-5-4-8(17-3)6-10(9)14-12(11)13(15)16/h4-7,11-12,14H,1-3H3,(H,15,16). The number of rotatable bonds is 3. The molecule has 0 spiro atoms. The molecule has 1 aliphatic rings. The molecule has 92 valence electrons. The van der Waals surface area contributed by atoms with Crippen LogP contribution in [0.5, 0.6) is 5.75 Å². The lowest BCUT2D eigenvalue weighted by Gasteiger charge is -2.20. The number of hydrogen-bond donors (Lipinski definition) is 2. The number of nitrogens with one attached hydrogen (secondary N) is 1. The lowest BCUT2D eigenvalue weighted by atomic mass is 9.85. The van der Waals surface area contributed by atoms with E-state index < -0.39 is 12.0 Å². The Balaban J connectivity index is 2.42. The normalized spacial score (nSPS) is 22.1. The molecule has 2 atom stereocenters. The first-order chi connectivity index (χ1) is 8.04. The monoisotopic (exact) mass is 235 g/mol. The third kappa shape index (κ3) is 1.95. The molecule has 1 aromatic rings. The maximum Gasteiger partial charge on any atom is 0.326 e. The Hall–Kier alpha value is -1.71. The molecule has 1 aromatic carbocycles. The van der Waals surface area contributed by atoms with Crippen LogP contribution in [0.15, 0.2) is 18.2 Å². The van der Waals surface area contributed by atoms with Gasteiger partial charge < -0.3 is 15.2 Å². The molecule has 0 saturated carbocycles. The Kier molecular flexibility index (Phi) is 2.96. The molecule has 0 aromatic heterocycles. The highest BCUT2D eigenvalue weighted by Crippen LogP contribution is 2.42. The van der Waals surface area contributed by atoms with Gasteiger partial charge >= 0.3 is 5.97 Å². The first-order valence-electron chi connectivity index (χ1n) is 5.72. The van der Waals surface area contributed by atoms with Crippen LogP contribution in [0.3, 0.4) is 0 Å². The highest BCUT2D eigenvalue weighted by Gasteiger charge is 2.38. The Labute approximate surface area is 101 Å². The van der Waals surface area contributed by atoms with Crippen molar-refractivity contribution in [2.24, 2.45) is 5.92 Å². The smallest absolute Gasteiger partial charge is 0.326 e. The Morgan fingerprint density at radius 1 is 1.47 bits per heavy atom. The van der Waals surface area contributed by atoms with Gasteiger partial charge in [0.2, 0.25) is 0 Å². The summed E-state index contributed by atoms with van der Waals surface area (Å²) in [5.74, 6) is 0.218. The minimum atomic E-state index is -0.807. The highest BCUT2D eigenvalue weighted by atomic mass is 16.5. The second-order valence-corrected chi connectivity index (χ2v) is 4.68. The van der Waals surface area contributed by atoms with Crippen molar-refractivity contribution in [1.29, 1.82) is 0 Å². The van der Waals surface area contributed by atoms with Gasteiger partial charge in [-0.15, -0.1) is 0 Å². The van der Waals surface area contributed by atoms with Gasteiger partial charge in [0.1, 0.15) is 11.8 Å². The molecule has 0 fully saturated rings. The van der Waals surface area contributed by atoms with E-state index in [1.54, 1.807) is 7.11 Å². The van der Waals surface area contributed by atoms with Gasteiger partial charge in [0.25, 0.3) is 0 Å². The van der Waals surface area contributed by atoms with Gasteiger partial charge in [0, 0.05) is 17.7 Å². The number of fused-ring (bicyclic) bond motifs is 1. The molecule has 1 heterocycles. The maximum atomic E-state index is 11.2. The van der Waals surface area contributed by atoms with E-state index in [4.69, 9.17) is 4.74 Å². The van der Waals surface area contributed by atoms with Crippen LogP contribution in [-0.4, -0.2) is 24.2 Å². The van der Waals surface area contributed by atoms with Crippen LogP contribution >= 0.6 is 0 Å². The molecule has 2 unspecified atom stereocenters. The number of aliphatic carboxylic acids is 1. The molecule has 1 aliphatic heterocycles. The number of carbonyl (C=O) groups is 1. The Morgan fingerprint density at radius 2 is 2.18 bits per heavy atom. The summed E-state index contributed by atoms with van der Waals surface area (Å²) in [7, 11) is 1.60. The minimum Gasteiger partial charge on any atom is -0.497 e. The number of carboxylic acid groups (broad SMARTS) is 1. The predicted octanol–water partition coefficient (Wildman–Crippen LogP) is 2.31. The number of benzene rings is 1. The molecule has 0 bridgehead atoms. The summed E-state index contributed by atoms with van der Waals surface area (Å²) in [5.41, 5.74) is 1.93. The highest BCUT2D eigenvalue weighted by molar-refractivity contribution is 5.83. The van der Waals surface area contributed by atoms with E-state index in [1.165, 1.54) is 0 Å². The van der Waals surface area contributed by atoms with E-state index in [1.807, 2.05) is 32.0 Å². The minimum absolute atomic E-state index is 0.00778. The topological polar surface area (TPSA) is 58.6 Å². The summed E-state index contributed by atoms with van der Waals surface area (Å²) in [6, 6.07) is 5.14. The average molecular weight is 235 g/mol. The van der Waals surface area contributed by atoms with Gasteiger partial charge in [0.05, 0.1) is 7.11 Å². The van der Waals surface area contributed by atoms with Gasteiger partial charge in [-0.2, -0.15) is 0 Å². The van der Waals surface area contributed by atoms with Gasteiger partial charge in [-0.05, 0) is 17.5 Å². The van der Waals surface area contributed by atoms with Crippen LogP contribution in [0.1, 0.15) is 25.3 Å². The molecule has 17 heavy (non-hydrogen) atoms. The molecule has 4 nitrogen and oxygen atoms in total. The van der Waals surface area contributed by atoms with Crippen LogP contribution in [0.2, 0.25) is 0 Å². The second-order valence-electron chi connectivity index (χ2n) is 4.68. The molecular weight excluding hydrogens is 218 g/mol. The van der Waals surface area contributed by atoms with Crippen LogP contribution in [0, 0.1) is 5.92 Å². The number of methoxy groups -OCH3 is 1. The summed E-state index contributed by atoms with van der Waals surface area (Å²) in [6.45, 7) is 4.09. The van der Waals surface area contributed by atoms with E-state index >= 15 is 0 Å².